The summed E-state index contributed by atoms with van der Waals surface area (Å²) >= 11 is 0. The Balaban J connectivity index is 2.00. The lowest BCUT2D eigenvalue weighted by atomic mass is 10.0. The molecule has 1 aliphatic rings. The molecule has 2 heterocycles. The summed E-state index contributed by atoms with van der Waals surface area (Å²) in [5, 5.41) is 5.22. The average Bonchev–Trinajstić information content (AvgIpc) is 2.86. The molecular weight excluding hydrogens is 208 g/mol. The van der Waals surface area contributed by atoms with Crippen molar-refractivity contribution in [3.05, 3.63) is 30.9 Å². The van der Waals surface area contributed by atoms with E-state index in [0.29, 0.717) is 13.0 Å². The second kappa shape index (κ2) is 3.90. The number of imide groups is 1. The van der Waals surface area contributed by atoms with Crippen LogP contribution in [0.25, 0.3) is 0 Å². The molecule has 0 bridgehead atoms. The highest BCUT2D eigenvalue weighted by Crippen LogP contribution is 2.22. The van der Waals surface area contributed by atoms with Gasteiger partial charge in [0, 0.05) is 24.9 Å². The number of H-pyrrole nitrogens is 1. The molecule has 1 fully saturated rings. The number of amides is 2. The third-order valence-corrected chi connectivity index (χ3v) is 2.51. The van der Waals surface area contributed by atoms with Crippen LogP contribution in [0.2, 0.25) is 0 Å². The summed E-state index contributed by atoms with van der Waals surface area (Å²) in [6.07, 6.45) is 4.77. The van der Waals surface area contributed by atoms with E-state index in [-0.39, 0.29) is 5.91 Å². The minimum absolute atomic E-state index is 0.327. The van der Waals surface area contributed by atoms with Crippen LogP contribution in [0.3, 0.4) is 0 Å². The molecule has 84 valence electrons. The number of carbonyl (C=O) groups is 2. The van der Waals surface area contributed by atoms with E-state index in [1.54, 1.807) is 12.5 Å². The fourth-order valence-electron chi connectivity index (χ4n) is 1.46. The van der Waals surface area contributed by atoms with Gasteiger partial charge in [-0.25, -0.2) is 4.98 Å². The van der Waals surface area contributed by atoms with Crippen molar-refractivity contribution < 1.29 is 9.59 Å². The number of imidazole rings is 1. The predicted octanol–water partition coefficient (Wildman–Crippen LogP) is -0.877. The third-order valence-electron chi connectivity index (χ3n) is 2.51. The van der Waals surface area contributed by atoms with Gasteiger partial charge in [-0.1, -0.05) is 6.58 Å². The molecule has 1 aromatic rings. The molecule has 0 radical (unpaired) electrons. The van der Waals surface area contributed by atoms with Crippen molar-refractivity contribution in [2.75, 3.05) is 6.54 Å². The van der Waals surface area contributed by atoms with Crippen molar-refractivity contribution in [2.45, 2.75) is 12.0 Å². The molecule has 0 aromatic carbocycles. The Morgan fingerprint density at radius 2 is 2.44 bits per heavy atom. The van der Waals surface area contributed by atoms with Crippen molar-refractivity contribution >= 4 is 11.8 Å². The summed E-state index contributed by atoms with van der Waals surface area (Å²) in [5.41, 5.74) is 0.178. The maximum Gasteiger partial charge on any atom is 0.249 e. The summed E-state index contributed by atoms with van der Waals surface area (Å²) in [6, 6.07) is 0. The highest BCUT2D eigenvalue weighted by Gasteiger charge is 2.50. The first-order chi connectivity index (χ1) is 7.66. The summed E-state index contributed by atoms with van der Waals surface area (Å²) in [7, 11) is 0. The largest absolute Gasteiger partial charge is 0.348 e. The van der Waals surface area contributed by atoms with Crippen LogP contribution in [0.1, 0.15) is 5.69 Å². The van der Waals surface area contributed by atoms with Crippen molar-refractivity contribution in [3.63, 3.8) is 0 Å². The lowest BCUT2D eigenvalue weighted by Gasteiger charge is -2.10. The number of nitrogens with zero attached hydrogens (tertiary/aromatic N) is 1. The maximum atomic E-state index is 11.7. The van der Waals surface area contributed by atoms with Gasteiger partial charge in [0.15, 0.2) is 0 Å². The van der Waals surface area contributed by atoms with Crippen molar-refractivity contribution in [2.24, 2.45) is 0 Å². The Hall–Kier alpha value is -1.95. The van der Waals surface area contributed by atoms with Crippen molar-refractivity contribution in [1.82, 2.24) is 20.6 Å². The van der Waals surface area contributed by atoms with Gasteiger partial charge in [0.2, 0.25) is 11.8 Å². The van der Waals surface area contributed by atoms with Crippen LogP contribution in [-0.4, -0.2) is 33.9 Å². The lowest BCUT2D eigenvalue weighted by Crippen LogP contribution is -2.43. The lowest BCUT2D eigenvalue weighted by molar-refractivity contribution is -0.129. The normalized spacial score (nSPS) is 22.5. The van der Waals surface area contributed by atoms with Gasteiger partial charge >= 0.3 is 0 Å². The zero-order chi connectivity index (χ0) is 11.6. The van der Waals surface area contributed by atoms with E-state index in [1.165, 1.54) is 0 Å². The van der Waals surface area contributed by atoms with Gasteiger partial charge in [0.1, 0.15) is 5.54 Å². The zero-order valence-corrected chi connectivity index (χ0v) is 8.62. The van der Waals surface area contributed by atoms with E-state index in [9.17, 15) is 9.59 Å². The number of hydrogen-bond acceptors (Lipinski definition) is 4. The van der Waals surface area contributed by atoms with Gasteiger partial charge in [0.25, 0.3) is 0 Å². The molecule has 2 amide bonds. The van der Waals surface area contributed by atoms with Gasteiger partial charge in [-0.2, -0.15) is 0 Å². The average molecular weight is 220 g/mol. The first kappa shape index (κ1) is 10.6. The van der Waals surface area contributed by atoms with Crippen LogP contribution in [0.4, 0.5) is 0 Å². The molecule has 0 spiro atoms. The smallest absolute Gasteiger partial charge is 0.249 e. The molecule has 3 N–H and O–H groups in total. The Morgan fingerprint density at radius 3 is 2.94 bits per heavy atom. The second-order valence-corrected chi connectivity index (χ2v) is 3.71. The number of carbonyl (C=O) groups excluding carboxylic acids is 2. The van der Waals surface area contributed by atoms with E-state index in [0.717, 1.165) is 11.8 Å². The zero-order valence-electron chi connectivity index (χ0n) is 8.62. The molecule has 16 heavy (non-hydrogen) atoms. The third kappa shape index (κ3) is 2.01. The Morgan fingerprint density at radius 1 is 1.69 bits per heavy atom. The SMILES string of the molecule is C=CC(=O)NC(=O)[C@@]1(Cc2cnc[nH]2)CN1. The molecule has 2 rings (SSSR count). The fourth-order valence-corrected chi connectivity index (χ4v) is 1.46. The van der Waals surface area contributed by atoms with Gasteiger partial charge in [-0.05, 0) is 6.08 Å². The highest BCUT2D eigenvalue weighted by molar-refractivity contribution is 6.05. The van der Waals surface area contributed by atoms with Crippen LogP contribution < -0.4 is 10.6 Å². The quantitative estimate of drug-likeness (QED) is 0.453. The van der Waals surface area contributed by atoms with Crippen molar-refractivity contribution in [1.29, 1.82) is 0 Å². The molecule has 1 aliphatic heterocycles. The summed E-state index contributed by atoms with van der Waals surface area (Å²) in [5.74, 6) is -0.810. The molecule has 6 heteroatoms. The van der Waals surface area contributed by atoms with Gasteiger partial charge < -0.3 is 4.98 Å². The molecule has 1 aromatic heterocycles. The van der Waals surface area contributed by atoms with E-state index in [1.807, 2.05) is 0 Å². The van der Waals surface area contributed by atoms with Gasteiger partial charge in [0.05, 0.1) is 6.33 Å². The Kier molecular flexibility index (Phi) is 2.57. The Labute approximate surface area is 92.1 Å². The highest BCUT2D eigenvalue weighted by atomic mass is 16.2. The molecule has 0 aliphatic carbocycles. The van der Waals surface area contributed by atoms with Crippen LogP contribution >= 0.6 is 0 Å². The van der Waals surface area contributed by atoms with E-state index >= 15 is 0 Å². The minimum Gasteiger partial charge on any atom is -0.348 e. The number of aromatic amines is 1. The molecule has 0 saturated carbocycles. The number of rotatable bonds is 4. The van der Waals surface area contributed by atoms with E-state index in [4.69, 9.17) is 0 Å². The Bertz CT molecular complexity index is 420. The molecule has 0 unspecified atom stereocenters. The topological polar surface area (TPSA) is 96.8 Å². The summed E-state index contributed by atoms with van der Waals surface area (Å²) < 4.78 is 0. The number of aromatic nitrogens is 2. The molecule has 1 atom stereocenters. The second-order valence-electron chi connectivity index (χ2n) is 3.71. The summed E-state index contributed by atoms with van der Waals surface area (Å²) in [4.78, 5) is 29.5. The maximum absolute atomic E-state index is 11.7. The van der Waals surface area contributed by atoms with Gasteiger partial charge in [-0.3, -0.25) is 20.2 Å². The predicted molar refractivity (Wildman–Crippen MR) is 56.4 cm³/mol. The van der Waals surface area contributed by atoms with Crippen LogP contribution in [0, 0.1) is 0 Å². The number of nitrogens with one attached hydrogen (secondary N) is 3. The van der Waals surface area contributed by atoms with Gasteiger partial charge in [-0.15, -0.1) is 0 Å². The fraction of sp³-hybridized carbons (Fsp3) is 0.300. The van der Waals surface area contributed by atoms with E-state index in [2.05, 4.69) is 27.2 Å². The molecule has 6 nitrogen and oxygen atoms in total. The minimum atomic E-state index is -0.675. The van der Waals surface area contributed by atoms with Crippen LogP contribution in [0.5, 0.6) is 0 Å². The first-order valence-corrected chi connectivity index (χ1v) is 4.86. The van der Waals surface area contributed by atoms with Crippen LogP contribution in [0.15, 0.2) is 25.2 Å². The number of hydrogen-bond donors (Lipinski definition) is 3. The molecule has 1 saturated heterocycles. The monoisotopic (exact) mass is 220 g/mol. The van der Waals surface area contributed by atoms with Crippen LogP contribution in [-0.2, 0) is 16.0 Å². The van der Waals surface area contributed by atoms with E-state index < -0.39 is 11.4 Å². The standard InChI is InChI=1S/C10H12N4O2/c1-2-8(15)14-9(16)10(5-13-10)3-7-4-11-6-12-7/h2,4,6,13H,1,3,5H2,(H,11,12)(H,14,15,16)/t10-/m1/s1. The van der Waals surface area contributed by atoms with Crippen molar-refractivity contribution in [3.8, 4) is 0 Å². The summed E-state index contributed by atoms with van der Waals surface area (Å²) in [6.45, 7) is 3.85. The molecular formula is C10H12N4O2. The first-order valence-electron chi connectivity index (χ1n) is 4.86.